The molecule has 1 aliphatic rings. The molecule has 148 valence electrons. The first-order valence-corrected chi connectivity index (χ1v) is 10.7. The summed E-state index contributed by atoms with van der Waals surface area (Å²) in [4.78, 5) is 8.43. The molecule has 28 heavy (non-hydrogen) atoms. The Bertz CT molecular complexity index is 1080. The zero-order valence-electron chi connectivity index (χ0n) is 14.5. The molecule has 0 saturated carbocycles. The molecule has 1 saturated heterocycles. The maximum absolute atomic E-state index is 13.5. The minimum Gasteiger partial charge on any atom is -0.379 e. The highest BCUT2D eigenvalue weighted by Crippen LogP contribution is 2.33. The van der Waals surface area contributed by atoms with Crippen LogP contribution in [0.4, 0.5) is 8.78 Å². The zero-order chi connectivity index (χ0) is 19.7. The number of ether oxygens (including phenoxy) is 1. The first-order chi connectivity index (χ1) is 13.5. The second-order valence-corrected chi connectivity index (χ2v) is 8.91. The topological polar surface area (TPSA) is 77.3 Å². The van der Waals surface area contributed by atoms with Gasteiger partial charge in [-0.05, 0) is 36.0 Å². The van der Waals surface area contributed by atoms with Crippen molar-refractivity contribution in [2.75, 3.05) is 26.3 Å². The molecule has 0 atom stereocenters. The van der Waals surface area contributed by atoms with Crippen molar-refractivity contribution in [3.8, 4) is 0 Å². The molecule has 1 fully saturated rings. The number of aromatic nitrogens is 3. The van der Waals surface area contributed by atoms with Crippen molar-refractivity contribution in [3.63, 3.8) is 0 Å². The van der Waals surface area contributed by atoms with Crippen LogP contribution in [0.25, 0.3) is 11.0 Å². The number of imidazole rings is 1. The number of sulfonamides is 1. The van der Waals surface area contributed by atoms with Gasteiger partial charge in [0.15, 0.2) is 5.16 Å². The lowest BCUT2D eigenvalue weighted by Gasteiger charge is -2.25. The van der Waals surface area contributed by atoms with Gasteiger partial charge >= 0.3 is 6.55 Å². The normalized spacial score (nSPS) is 16.1. The summed E-state index contributed by atoms with van der Waals surface area (Å²) in [5, 5.41) is 0.464. The van der Waals surface area contributed by atoms with Gasteiger partial charge < -0.3 is 4.74 Å². The summed E-state index contributed by atoms with van der Waals surface area (Å²) < 4.78 is 59.6. The number of hydrogen-bond donors (Lipinski definition) is 0. The van der Waals surface area contributed by atoms with Crippen LogP contribution in [0.5, 0.6) is 0 Å². The van der Waals surface area contributed by atoms with Crippen LogP contribution in [-0.2, 0) is 14.8 Å². The van der Waals surface area contributed by atoms with Gasteiger partial charge in [-0.2, -0.15) is 13.1 Å². The van der Waals surface area contributed by atoms with E-state index >= 15 is 0 Å². The predicted molar refractivity (Wildman–Crippen MR) is 98.9 cm³/mol. The van der Waals surface area contributed by atoms with Crippen LogP contribution in [0.15, 0.2) is 57.7 Å². The van der Waals surface area contributed by atoms with Crippen molar-refractivity contribution in [2.45, 2.75) is 21.6 Å². The van der Waals surface area contributed by atoms with Crippen LogP contribution in [0.3, 0.4) is 0 Å². The minimum absolute atomic E-state index is 0.0566. The average Bonchev–Trinajstić information content (AvgIpc) is 3.07. The van der Waals surface area contributed by atoms with Crippen LogP contribution < -0.4 is 0 Å². The van der Waals surface area contributed by atoms with Gasteiger partial charge in [0.25, 0.3) is 0 Å². The third-order valence-electron chi connectivity index (χ3n) is 4.27. The quantitative estimate of drug-likeness (QED) is 0.624. The number of nitrogens with zero attached hydrogens (tertiary/aromatic N) is 4. The Morgan fingerprint density at radius 1 is 1.11 bits per heavy atom. The molecule has 0 unspecified atom stereocenters. The first-order valence-electron chi connectivity index (χ1n) is 8.44. The predicted octanol–water partition coefficient (Wildman–Crippen LogP) is 3.00. The van der Waals surface area contributed by atoms with E-state index in [1.807, 2.05) is 0 Å². The Morgan fingerprint density at radius 3 is 2.54 bits per heavy atom. The number of alkyl halides is 2. The first kappa shape index (κ1) is 19.2. The molecule has 0 N–H and O–H groups in total. The lowest BCUT2D eigenvalue weighted by atomic mass is 10.3. The number of para-hydroxylation sites is 2. The maximum Gasteiger partial charge on any atom is 0.321 e. The fourth-order valence-electron chi connectivity index (χ4n) is 2.89. The molecular weight excluding hydrogens is 410 g/mol. The summed E-state index contributed by atoms with van der Waals surface area (Å²) in [5.41, 5.74) is 0.781. The summed E-state index contributed by atoms with van der Waals surface area (Å²) in [5.74, 6) is 0. The highest BCUT2D eigenvalue weighted by Gasteiger charge is 2.27. The summed E-state index contributed by atoms with van der Waals surface area (Å²) in [6, 6.07) is 9.54. The van der Waals surface area contributed by atoms with Crippen molar-refractivity contribution in [2.24, 2.45) is 0 Å². The van der Waals surface area contributed by atoms with E-state index in [0.717, 1.165) is 16.3 Å². The van der Waals surface area contributed by atoms with Gasteiger partial charge in [-0.15, -0.1) is 0 Å². The monoisotopic (exact) mass is 426 g/mol. The van der Waals surface area contributed by atoms with E-state index in [2.05, 4.69) is 9.97 Å². The number of hydrogen-bond acceptors (Lipinski definition) is 6. The summed E-state index contributed by atoms with van der Waals surface area (Å²) >= 11 is 0.956. The third kappa shape index (κ3) is 3.62. The van der Waals surface area contributed by atoms with Crippen LogP contribution >= 0.6 is 11.8 Å². The van der Waals surface area contributed by atoms with Crippen molar-refractivity contribution in [3.05, 3.63) is 42.6 Å². The van der Waals surface area contributed by atoms with Gasteiger partial charge in [0.2, 0.25) is 10.0 Å². The van der Waals surface area contributed by atoms with Gasteiger partial charge in [0.05, 0.1) is 24.2 Å². The Morgan fingerprint density at radius 2 is 1.86 bits per heavy atom. The van der Waals surface area contributed by atoms with E-state index in [1.165, 1.54) is 22.6 Å². The van der Waals surface area contributed by atoms with Crippen LogP contribution in [0.2, 0.25) is 0 Å². The Kier molecular flexibility index (Phi) is 5.32. The summed E-state index contributed by atoms with van der Waals surface area (Å²) in [6.45, 7) is -1.47. The number of halogens is 2. The Labute approximate surface area is 164 Å². The highest BCUT2D eigenvalue weighted by molar-refractivity contribution is 7.99. The second-order valence-electron chi connectivity index (χ2n) is 5.98. The third-order valence-corrected chi connectivity index (χ3v) is 7.07. The van der Waals surface area contributed by atoms with Crippen LogP contribution in [0, 0.1) is 0 Å². The van der Waals surface area contributed by atoms with E-state index in [1.54, 1.807) is 24.3 Å². The highest BCUT2D eigenvalue weighted by atomic mass is 32.2. The van der Waals surface area contributed by atoms with E-state index < -0.39 is 16.6 Å². The molecular formula is C17H16F2N4O3S2. The van der Waals surface area contributed by atoms with Crippen molar-refractivity contribution in [1.29, 1.82) is 0 Å². The molecule has 11 heteroatoms. The number of pyridine rings is 1. The maximum atomic E-state index is 13.5. The molecule has 3 heterocycles. The SMILES string of the molecule is O=S(=O)(c1ccc(Sc2nc3ccccc3n2C(F)F)nc1)N1CCOCC1. The van der Waals surface area contributed by atoms with E-state index in [9.17, 15) is 17.2 Å². The van der Waals surface area contributed by atoms with E-state index in [-0.39, 0.29) is 23.1 Å². The smallest absolute Gasteiger partial charge is 0.321 e. The summed E-state index contributed by atoms with van der Waals surface area (Å²) in [6.07, 6.45) is 1.24. The summed E-state index contributed by atoms with van der Waals surface area (Å²) in [7, 11) is -3.65. The number of morpholine rings is 1. The molecule has 2 aromatic heterocycles. The number of benzene rings is 1. The van der Waals surface area contributed by atoms with Crippen molar-refractivity contribution < 1.29 is 21.9 Å². The van der Waals surface area contributed by atoms with E-state index in [0.29, 0.717) is 29.3 Å². The number of rotatable bonds is 5. The zero-order valence-corrected chi connectivity index (χ0v) is 16.2. The molecule has 0 spiro atoms. The molecule has 7 nitrogen and oxygen atoms in total. The van der Waals surface area contributed by atoms with E-state index in [4.69, 9.17) is 4.74 Å². The molecule has 1 aromatic carbocycles. The molecule has 3 aromatic rings. The molecule has 4 rings (SSSR count). The Balaban J connectivity index is 1.60. The van der Waals surface area contributed by atoms with Crippen LogP contribution in [-0.4, -0.2) is 53.6 Å². The Hall–Kier alpha value is -2.08. The minimum atomic E-state index is -3.65. The van der Waals surface area contributed by atoms with Gasteiger partial charge in [-0.1, -0.05) is 12.1 Å². The molecule has 0 radical (unpaired) electrons. The molecule has 0 bridgehead atoms. The second kappa shape index (κ2) is 7.74. The standard InChI is InChI=1S/C17H16F2N4O3S2/c18-16(19)23-14-4-2-1-3-13(14)21-17(23)27-15-6-5-12(11-20-15)28(24,25)22-7-9-26-10-8-22/h1-6,11,16H,7-10H2. The van der Waals surface area contributed by atoms with Gasteiger partial charge in [-0.25, -0.2) is 18.4 Å². The largest absolute Gasteiger partial charge is 0.379 e. The van der Waals surface area contributed by atoms with Gasteiger partial charge in [0.1, 0.15) is 9.92 Å². The molecule has 0 aliphatic carbocycles. The number of fused-ring (bicyclic) bond motifs is 1. The molecule has 0 amide bonds. The van der Waals surface area contributed by atoms with Crippen LogP contribution in [0.1, 0.15) is 6.55 Å². The van der Waals surface area contributed by atoms with Gasteiger partial charge in [0, 0.05) is 19.3 Å². The molecule has 1 aliphatic heterocycles. The lowest BCUT2D eigenvalue weighted by Crippen LogP contribution is -2.40. The average molecular weight is 426 g/mol. The van der Waals surface area contributed by atoms with Gasteiger partial charge in [-0.3, -0.25) is 4.57 Å². The fraction of sp³-hybridized carbons (Fsp3) is 0.294. The van der Waals surface area contributed by atoms with Crippen molar-refractivity contribution in [1.82, 2.24) is 18.8 Å². The lowest BCUT2D eigenvalue weighted by molar-refractivity contribution is 0.0656. The fourth-order valence-corrected chi connectivity index (χ4v) is 5.10. The van der Waals surface area contributed by atoms with Crippen molar-refractivity contribution >= 4 is 32.8 Å².